The van der Waals surface area contributed by atoms with Crippen molar-refractivity contribution in [2.45, 2.75) is 6.54 Å². The van der Waals surface area contributed by atoms with E-state index in [1.165, 1.54) is 0 Å². The molecular formula is C20H19NO3. The van der Waals surface area contributed by atoms with Gasteiger partial charge in [0, 0.05) is 12.3 Å². The molecule has 0 aliphatic carbocycles. The summed E-state index contributed by atoms with van der Waals surface area (Å²) in [5, 5.41) is 0. The van der Waals surface area contributed by atoms with Crippen molar-refractivity contribution in [3.63, 3.8) is 0 Å². The van der Waals surface area contributed by atoms with Gasteiger partial charge >= 0.3 is 0 Å². The first-order chi connectivity index (χ1) is 11.7. The lowest BCUT2D eigenvalue weighted by Gasteiger charge is -2.10. The van der Waals surface area contributed by atoms with Gasteiger partial charge < -0.3 is 14.0 Å². The molecule has 0 N–H and O–H groups in total. The van der Waals surface area contributed by atoms with E-state index in [9.17, 15) is 4.79 Å². The Morgan fingerprint density at radius 1 is 0.750 bits per heavy atom. The van der Waals surface area contributed by atoms with E-state index in [1.807, 2.05) is 60.8 Å². The monoisotopic (exact) mass is 321 g/mol. The molecule has 24 heavy (non-hydrogen) atoms. The molecule has 3 aromatic rings. The highest BCUT2D eigenvalue weighted by atomic mass is 16.5. The normalized spacial score (nSPS) is 10.4. The van der Waals surface area contributed by atoms with Gasteiger partial charge in [-0.25, -0.2) is 0 Å². The molecule has 0 bridgehead atoms. The summed E-state index contributed by atoms with van der Waals surface area (Å²) < 4.78 is 12.1. The molecule has 0 aliphatic heterocycles. The summed E-state index contributed by atoms with van der Waals surface area (Å²) in [6.45, 7) is 0.521. The molecule has 0 spiro atoms. The van der Waals surface area contributed by atoms with Crippen LogP contribution in [0.2, 0.25) is 0 Å². The van der Waals surface area contributed by atoms with Crippen LogP contribution >= 0.6 is 0 Å². The van der Waals surface area contributed by atoms with Crippen molar-refractivity contribution in [1.82, 2.24) is 4.57 Å². The van der Waals surface area contributed by atoms with Crippen LogP contribution in [0.25, 0.3) is 11.1 Å². The zero-order valence-electron chi connectivity index (χ0n) is 13.7. The fourth-order valence-corrected chi connectivity index (χ4v) is 2.54. The minimum absolute atomic E-state index is 0.0249. The minimum Gasteiger partial charge on any atom is -0.497 e. The Kier molecular flexibility index (Phi) is 4.66. The number of ether oxygens (including phenoxy) is 2. The highest BCUT2D eigenvalue weighted by molar-refractivity contribution is 5.63. The third-order valence-electron chi connectivity index (χ3n) is 3.92. The first kappa shape index (κ1) is 15.9. The van der Waals surface area contributed by atoms with E-state index < -0.39 is 0 Å². The molecule has 0 aliphatic rings. The van der Waals surface area contributed by atoms with E-state index in [-0.39, 0.29) is 5.56 Å². The summed E-state index contributed by atoms with van der Waals surface area (Å²) in [7, 11) is 3.28. The average Bonchev–Trinajstić information content (AvgIpc) is 2.64. The molecule has 0 unspecified atom stereocenters. The van der Waals surface area contributed by atoms with Crippen LogP contribution < -0.4 is 15.0 Å². The number of benzene rings is 2. The molecule has 0 radical (unpaired) electrons. The quantitative estimate of drug-likeness (QED) is 0.721. The van der Waals surface area contributed by atoms with Gasteiger partial charge in [-0.05, 0) is 47.0 Å². The Balaban J connectivity index is 1.88. The Morgan fingerprint density at radius 3 is 1.88 bits per heavy atom. The second-order valence-electron chi connectivity index (χ2n) is 5.46. The SMILES string of the molecule is COc1ccc(Cn2cc(-c3ccc(OC)cc3)ccc2=O)cc1. The summed E-state index contributed by atoms with van der Waals surface area (Å²) in [6, 6.07) is 18.9. The molecule has 122 valence electrons. The lowest BCUT2D eigenvalue weighted by molar-refractivity contribution is 0.414. The standard InChI is InChI=1S/C20H19NO3/c1-23-18-8-3-15(4-9-18)13-21-14-17(7-12-20(21)22)16-5-10-19(24-2)11-6-16/h3-12,14H,13H2,1-2H3. The molecule has 0 saturated heterocycles. The maximum absolute atomic E-state index is 12.1. The number of hydrogen-bond acceptors (Lipinski definition) is 3. The maximum Gasteiger partial charge on any atom is 0.250 e. The molecule has 2 aromatic carbocycles. The summed E-state index contributed by atoms with van der Waals surface area (Å²) >= 11 is 0. The molecular weight excluding hydrogens is 302 g/mol. The van der Waals surface area contributed by atoms with Gasteiger partial charge in [-0.1, -0.05) is 24.3 Å². The van der Waals surface area contributed by atoms with Crippen LogP contribution in [0.4, 0.5) is 0 Å². The zero-order chi connectivity index (χ0) is 16.9. The molecule has 0 saturated carbocycles. The van der Waals surface area contributed by atoms with E-state index in [1.54, 1.807) is 24.9 Å². The van der Waals surface area contributed by atoms with Gasteiger partial charge in [0.15, 0.2) is 0 Å². The van der Waals surface area contributed by atoms with E-state index in [2.05, 4.69) is 0 Å². The molecule has 0 fully saturated rings. The first-order valence-electron chi connectivity index (χ1n) is 7.67. The van der Waals surface area contributed by atoms with E-state index in [4.69, 9.17) is 9.47 Å². The topological polar surface area (TPSA) is 40.5 Å². The van der Waals surface area contributed by atoms with Gasteiger partial charge in [-0.15, -0.1) is 0 Å². The van der Waals surface area contributed by atoms with Gasteiger partial charge in [0.05, 0.1) is 20.8 Å². The maximum atomic E-state index is 12.1. The summed E-state index contributed by atoms with van der Waals surface area (Å²) in [5.74, 6) is 1.61. The third kappa shape index (κ3) is 3.49. The van der Waals surface area contributed by atoms with Crippen molar-refractivity contribution in [2.24, 2.45) is 0 Å². The van der Waals surface area contributed by atoms with Crippen LogP contribution in [0.3, 0.4) is 0 Å². The average molecular weight is 321 g/mol. The van der Waals surface area contributed by atoms with Gasteiger partial charge in [0.1, 0.15) is 11.5 Å². The number of aromatic nitrogens is 1. The van der Waals surface area contributed by atoms with E-state index >= 15 is 0 Å². The van der Waals surface area contributed by atoms with Crippen LogP contribution in [0.1, 0.15) is 5.56 Å². The van der Waals surface area contributed by atoms with Crippen LogP contribution in [0, 0.1) is 0 Å². The number of pyridine rings is 1. The third-order valence-corrected chi connectivity index (χ3v) is 3.92. The van der Waals surface area contributed by atoms with E-state index in [0.717, 1.165) is 28.2 Å². The van der Waals surface area contributed by atoms with Gasteiger partial charge in [-0.2, -0.15) is 0 Å². The van der Waals surface area contributed by atoms with Crippen molar-refractivity contribution in [1.29, 1.82) is 0 Å². The summed E-state index contributed by atoms with van der Waals surface area (Å²) in [5.41, 5.74) is 3.05. The van der Waals surface area contributed by atoms with Gasteiger partial charge in [0.25, 0.3) is 5.56 Å². The molecule has 0 amide bonds. The van der Waals surface area contributed by atoms with Crippen molar-refractivity contribution < 1.29 is 9.47 Å². The minimum atomic E-state index is -0.0249. The fourth-order valence-electron chi connectivity index (χ4n) is 2.54. The Bertz CT molecular complexity index is 865. The molecule has 1 aromatic heterocycles. The van der Waals surface area contributed by atoms with Crippen LogP contribution in [0.15, 0.2) is 71.7 Å². The number of nitrogens with zero attached hydrogens (tertiary/aromatic N) is 1. The van der Waals surface area contributed by atoms with E-state index in [0.29, 0.717) is 6.54 Å². The summed E-state index contributed by atoms with van der Waals surface area (Å²) in [6.07, 6.45) is 1.88. The Labute approximate surface area is 140 Å². The Hall–Kier alpha value is -3.01. The smallest absolute Gasteiger partial charge is 0.250 e. The van der Waals surface area contributed by atoms with Crippen LogP contribution in [0.5, 0.6) is 11.5 Å². The van der Waals surface area contributed by atoms with Crippen molar-refractivity contribution in [3.05, 3.63) is 82.8 Å². The van der Waals surface area contributed by atoms with Crippen molar-refractivity contribution in [2.75, 3.05) is 14.2 Å². The van der Waals surface area contributed by atoms with Gasteiger partial charge in [-0.3, -0.25) is 4.79 Å². The summed E-state index contributed by atoms with van der Waals surface area (Å²) in [4.78, 5) is 12.1. The van der Waals surface area contributed by atoms with Gasteiger partial charge in [0.2, 0.25) is 0 Å². The number of rotatable bonds is 5. The number of hydrogen-bond donors (Lipinski definition) is 0. The largest absolute Gasteiger partial charge is 0.497 e. The predicted molar refractivity (Wildman–Crippen MR) is 94.8 cm³/mol. The van der Waals surface area contributed by atoms with Crippen molar-refractivity contribution >= 4 is 0 Å². The first-order valence-corrected chi connectivity index (χ1v) is 7.67. The molecule has 4 nitrogen and oxygen atoms in total. The second-order valence-corrected chi connectivity index (χ2v) is 5.46. The van der Waals surface area contributed by atoms with Crippen LogP contribution in [-0.2, 0) is 6.54 Å². The lowest BCUT2D eigenvalue weighted by atomic mass is 10.1. The Morgan fingerprint density at radius 2 is 1.29 bits per heavy atom. The highest BCUT2D eigenvalue weighted by Gasteiger charge is 2.04. The zero-order valence-corrected chi connectivity index (χ0v) is 13.7. The molecule has 3 rings (SSSR count). The van der Waals surface area contributed by atoms with Crippen LogP contribution in [-0.4, -0.2) is 18.8 Å². The molecule has 4 heteroatoms. The predicted octanol–water partition coefficient (Wildman–Crippen LogP) is 3.58. The molecule has 0 atom stereocenters. The second kappa shape index (κ2) is 7.04. The highest BCUT2D eigenvalue weighted by Crippen LogP contribution is 2.21. The lowest BCUT2D eigenvalue weighted by Crippen LogP contribution is -2.19. The number of methoxy groups -OCH3 is 2. The fraction of sp³-hybridized carbons (Fsp3) is 0.150. The molecule has 1 heterocycles. The van der Waals surface area contributed by atoms with Crippen molar-refractivity contribution in [3.8, 4) is 22.6 Å².